The van der Waals surface area contributed by atoms with E-state index in [1.807, 2.05) is 30.3 Å². The molecule has 0 radical (unpaired) electrons. The Bertz CT molecular complexity index is 843. The van der Waals surface area contributed by atoms with Gasteiger partial charge in [-0.2, -0.15) is 5.10 Å². The van der Waals surface area contributed by atoms with Crippen LogP contribution < -0.4 is 5.56 Å². The number of hydrogen-bond donors (Lipinski definition) is 0. The van der Waals surface area contributed by atoms with Crippen LogP contribution in [0.15, 0.2) is 65.6 Å². The van der Waals surface area contributed by atoms with Gasteiger partial charge in [-0.3, -0.25) is 4.79 Å². The summed E-state index contributed by atoms with van der Waals surface area (Å²) < 4.78 is 1.41. The molecule has 0 unspecified atom stereocenters. The second-order valence-electron chi connectivity index (χ2n) is 4.82. The van der Waals surface area contributed by atoms with Crippen LogP contribution in [0.3, 0.4) is 0 Å². The number of halogens is 2. The van der Waals surface area contributed by atoms with Crippen molar-refractivity contribution in [3.8, 4) is 11.1 Å². The molecule has 1 aromatic heterocycles. The van der Waals surface area contributed by atoms with Crippen molar-refractivity contribution in [2.45, 2.75) is 6.54 Å². The minimum absolute atomic E-state index is 0.223. The molecule has 0 aliphatic rings. The van der Waals surface area contributed by atoms with Crippen molar-refractivity contribution in [3.05, 3.63) is 86.8 Å². The average Bonchev–Trinajstić information content (AvgIpc) is 2.53. The van der Waals surface area contributed by atoms with E-state index in [2.05, 4.69) is 5.10 Å². The van der Waals surface area contributed by atoms with Gasteiger partial charge in [-0.25, -0.2) is 4.68 Å². The van der Waals surface area contributed by atoms with Crippen LogP contribution in [0, 0.1) is 0 Å². The third kappa shape index (κ3) is 3.06. The number of rotatable bonds is 3. The maximum Gasteiger partial charge on any atom is 0.276 e. The largest absolute Gasteiger partial charge is 0.276 e. The van der Waals surface area contributed by atoms with Gasteiger partial charge in [-0.05, 0) is 23.3 Å². The second-order valence-corrected chi connectivity index (χ2v) is 5.67. The molecule has 0 fully saturated rings. The molecule has 3 aromatic rings. The summed E-state index contributed by atoms with van der Waals surface area (Å²) in [7, 11) is 0. The highest BCUT2D eigenvalue weighted by Crippen LogP contribution is 2.24. The SMILES string of the molecule is O=c1c(-c2ccc(Cl)cc2)c(Cl)cnn1Cc1ccccc1. The van der Waals surface area contributed by atoms with Gasteiger partial charge in [0.25, 0.3) is 5.56 Å². The summed E-state index contributed by atoms with van der Waals surface area (Å²) in [5, 5.41) is 5.06. The zero-order valence-electron chi connectivity index (χ0n) is 11.5. The van der Waals surface area contributed by atoms with Crippen LogP contribution in [0.2, 0.25) is 10.0 Å². The fourth-order valence-corrected chi connectivity index (χ4v) is 2.58. The molecule has 3 nitrogen and oxygen atoms in total. The first-order valence-corrected chi connectivity index (χ1v) is 7.46. The van der Waals surface area contributed by atoms with Gasteiger partial charge in [0.15, 0.2) is 0 Å². The minimum Gasteiger partial charge on any atom is -0.267 e. The summed E-state index contributed by atoms with van der Waals surface area (Å²) in [5.41, 5.74) is 1.94. The highest BCUT2D eigenvalue weighted by atomic mass is 35.5. The maximum atomic E-state index is 12.7. The quantitative estimate of drug-likeness (QED) is 0.718. The lowest BCUT2D eigenvalue weighted by molar-refractivity contribution is 0.641. The number of benzene rings is 2. The normalized spacial score (nSPS) is 10.6. The molecular weight excluding hydrogens is 319 g/mol. The first-order chi connectivity index (χ1) is 10.6. The van der Waals surface area contributed by atoms with Gasteiger partial charge in [0, 0.05) is 5.02 Å². The molecule has 0 spiro atoms. The Morgan fingerprint density at radius 2 is 1.64 bits per heavy atom. The first kappa shape index (κ1) is 14.8. The molecule has 5 heteroatoms. The zero-order chi connectivity index (χ0) is 15.5. The summed E-state index contributed by atoms with van der Waals surface area (Å²) in [4.78, 5) is 12.7. The van der Waals surface area contributed by atoms with Crippen LogP contribution in [0.5, 0.6) is 0 Å². The lowest BCUT2D eigenvalue weighted by Crippen LogP contribution is -2.25. The highest BCUT2D eigenvalue weighted by molar-refractivity contribution is 6.33. The summed E-state index contributed by atoms with van der Waals surface area (Å²) in [6.07, 6.45) is 1.50. The molecule has 0 atom stereocenters. The Labute approximate surface area is 137 Å². The van der Waals surface area contributed by atoms with Gasteiger partial charge >= 0.3 is 0 Å². The standard InChI is InChI=1S/C17H12Cl2N2O/c18-14-8-6-13(7-9-14)16-15(19)10-20-21(17(16)22)11-12-4-2-1-3-5-12/h1-10H,11H2. The van der Waals surface area contributed by atoms with E-state index in [0.29, 0.717) is 22.2 Å². The molecule has 22 heavy (non-hydrogen) atoms. The molecular formula is C17H12Cl2N2O. The molecule has 0 aliphatic heterocycles. The molecule has 1 heterocycles. The Morgan fingerprint density at radius 3 is 2.32 bits per heavy atom. The van der Waals surface area contributed by atoms with Gasteiger partial charge in [0.2, 0.25) is 0 Å². The highest BCUT2D eigenvalue weighted by Gasteiger charge is 2.12. The topological polar surface area (TPSA) is 34.9 Å². The number of hydrogen-bond acceptors (Lipinski definition) is 2. The lowest BCUT2D eigenvalue weighted by Gasteiger charge is -2.09. The zero-order valence-corrected chi connectivity index (χ0v) is 13.1. The van der Waals surface area contributed by atoms with Gasteiger partial charge < -0.3 is 0 Å². The van der Waals surface area contributed by atoms with Gasteiger partial charge in [0.1, 0.15) is 0 Å². The van der Waals surface area contributed by atoms with Gasteiger partial charge in [-0.15, -0.1) is 0 Å². The van der Waals surface area contributed by atoms with E-state index in [0.717, 1.165) is 11.1 Å². The van der Waals surface area contributed by atoms with Crippen molar-refractivity contribution in [1.82, 2.24) is 9.78 Å². The van der Waals surface area contributed by atoms with E-state index in [-0.39, 0.29) is 5.56 Å². The Morgan fingerprint density at radius 1 is 0.955 bits per heavy atom. The third-order valence-corrected chi connectivity index (χ3v) is 3.84. The van der Waals surface area contributed by atoms with Crippen LogP contribution in [0.25, 0.3) is 11.1 Å². The van der Waals surface area contributed by atoms with Crippen molar-refractivity contribution in [1.29, 1.82) is 0 Å². The van der Waals surface area contributed by atoms with Crippen LogP contribution >= 0.6 is 23.2 Å². The fraction of sp³-hybridized carbons (Fsp3) is 0.0588. The minimum atomic E-state index is -0.223. The van der Waals surface area contributed by atoms with Gasteiger partial charge in [-0.1, -0.05) is 65.7 Å². The number of aromatic nitrogens is 2. The smallest absolute Gasteiger partial charge is 0.267 e. The van der Waals surface area contributed by atoms with Crippen molar-refractivity contribution >= 4 is 23.2 Å². The Hall–Kier alpha value is -2.10. The molecule has 3 rings (SSSR count). The molecule has 0 N–H and O–H groups in total. The maximum absolute atomic E-state index is 12.7. The van der Waals surface area contributed by atoms with E-state index >= 15 is 0 Å². The van der Waals surface area contributed by atoms with Crippen molar-refractivity contribution in [2.24, 2.45) is 0 Å². The summed E-state index contributed by atoms with van der Waals surface area (Å²) in [5.74, 6) is 0. The van der Waals surface area contributed by atoms with Crippen molar-refractivity contribution in [3.63, 3.8) is 0 Å². The van der Waals surface area contributed by atoms with E-state index < -0.39 is 0 Å². The molecule has 0 bridgehead atoms. The Balaban J connectivity index is 2.06. The summed E-state index contributed by atoms with van der Waals surface area (Å²) in [6.45, 7) is 0.400. The molecule has 0 saturated heterocycles. The molecule has 0 saturated carbocycles. The van der Waals surface area contributed by atoms with E-state index in [1.165, 1.54) is 10.9 Å². The predicted octanol–water partition coefficient (Wildman–Crippen LogP) is 4.27. The van der Waals surface area contributed by atoms with E-state index in [9.17, 15) is 4.79 Å². The Kier molecular flexibility index (Phi) is 4.27. The van der Waals surface area contributed by atoms with Crippen LogP contribution in [-0.2, 0) is 6.54 Å². The number of nitrogens with zero attached hydrogens (tertiary/aromatic N) is 2. The van der Waals surface area contributed by atoms with E-state index in [4.69, 9.17) is 23.2 Å². The monoisotopic (exact) mass is 330 g/mol. The first-order valence-electron chi connectivity index (χ1n) is 6.70. The summed E-state index contributed by atoms with van der Waals surface area (Å²) >= 11 is 12.1. The second kappa shape index (κ2) is 6.34. The summed E-state index contributed by atoms with van der Waals surface area (Å²) in [6, 6.07) is 16.7. The molecule has 2 aromatic carbocycles. The van der Waals surface area contributed by atoms with Crippen LogP contribution in [0.4, 0.5) is 0 Å². The van der Waals surface area contributed by atoms with Crippen molar-refractivity contribution in [2.75, 3.05) is 0 Å². The van der Waals surface area contributed by atoms with Crippen molar-refractivity contribution < 1.29 is 0 Å². The van der Waals surface area contributed by atoms with Crippen LogP contribution in [0.1, 0.15) is 5.56 Å². The third-order valence-electron chi connectivity index (χ3n) is 3.31. The van der Waals surface area contributed by atoms with Crippen LogP contribution in [-0.4, -0.2) is 9.78 Å². The lowest BCUT2D eigenvalue weighted by atomic mass is 10.1. The fourth-order valence-electron chi connectivity index (χ4n) is 2.22. The predicted molar refractivity (Wildman–Crippen MR) is 89.5 cm³/mol. The average molecular weight is 331 g/mol. The van der Waals surface area contributed by atoms with E-state index in [1.54, 1.807) is 24.3 Å². The molecule has 110 valence electrons. The van der Waals surface area contributed by atoms with Gasteiger partial charge in [0.05, 0.1) is 23.3 Å². The molecule has 0 aliphatic carbocycles. The molecule has 0 amide bonds.